The number of epoxide rings is 1. The van der Waals surface area contributed by atoms with E-state index < -0.39 is 0 Å². The van der Waals surface area contributed by atoms with Crippen molar-refractivity contribution in [3.8, 4) is 12.1 Å². The predicted molar refractivity (Wildman–Crippen MR) is 37.4 cm³/mol. The number of nitrogens with zero attached hydrogens (tertiary/aromatic N) is 3. The number of nitriles is 2. The molecule has 0 aromatic rings. The standard InChI is InChI=1S/C7H9N3O/c8-1-3-10(4-2-9)5-7-6-11-7/h7H,3-6H2. The Morgan fingerprint density at radius 3 is 2.27 bits per heavy atom. The second-order valence-corrected chi connectivity index (χ2v) is 2.44. The summed E-state index contributed by atoms with van der Waals surface area (Å²) in [5.41, 5.74) is 0. The third kappa shape index (κ3) is 2.99. The monoisotopic (exact) mass is 151 g/mol. The molecule has 58 valence electrons. The summed E-state index contributed by atoms with van der Waals surface area (Å²) in [6.07, 6.45) is 0.261. The minimum atomic E-state index is 0.261. The second-order valence-electron chi connectivity index (χ2n) is 2.44. The molecule has 1 saturated heterocycles. The van der Waals surface area contributed by atoms with E-state index in [1.807, 2.05) is 12.1 Å². The molecular formula is C7H9N3O. The lowest BCUT2D eigenvalue weighted by molar-refractivity contribution is 0.288. The van der Waals surface area contributed by atoms with Crippen molar-refractivity contribution < 1.29 is 4.74 Å². The molecular weight excluding hydrogens is 142 g/mol. The zero-order valence-corrected chi connectivity index (χ0v) is 6.16. The maximum Gasteiger partial charge on any atom is 0.0937 e. The van der Waals surface area contributed by atoms with Crippen LogP contribution in [-0.4, -0.2) is 37.2 Å². The van der Waals surface area contributed by atoms with Crippen LogP contribution < -0.4 is 0 Å². The first-order valence-corrected chi connectivity index (χ1v) is 3.44. The average molecular weight is 151 g/mol. The Hall–Kier alpha value is -1.10. The summed E-state index contributed by atoms with van der Waals surface area (Å²) in [6, 6.07) is 4.01. The third-order valence-corrected chi connectivity index (χ3v) is 1.45. The molecule has 0 N–H and O–H groups in total. The normalized spacial score (nSPS) is 20.8. The Morgan fingerprint density at radius 2 is 1.91 bits per heavy atom. The van der Waals surface area contributed by atoms with E-state index in [0.717, 1.165) is 6.61 Å². The number of rotatable bonds is 4. The zero-order valence-electron chi connectivity index (χ0n) is 6.16. The highest BCUT2D eigenvalue weighted by molar-refractivity contribution is 4.86. The van der Waals surface area contributed by atoms with E-state index >= 15 is 0 Å². The summed E-state index contributed by atoms with van der Waals surface area (Å²) >= 11 is 0. The molecule has 0 radical (unpaired) electrons. The molecule has 4 heteroatoms. The van der Waals surface area contributed by atoms with E-state index in [1.165, 1.54) is 0 Å². The first-order valence-electron chi connectivity index (χ1n) is 3.44. The lowest BCUT2D eigenvalue weighted by atomic mass is 10.4. The highest BCUT2D eigenvalue weighted by Gasteiger charge is 2.24. The smallest absolute Gasteiger partial charge is 0.0937 e. The van der Waals surface area contributed by atoms with Crippen LogP contribution in [0.3, 0.4) is 0 Å². The van der Waals surface area contributed by atoms with Crippen molar-refractivity contribution in [3.05, 3.63) is 0 Å². The van der Waals surface area contributed by atoms with Crippen LogP contribution in [0.2, 0.25) is 0 Å². The average Bonchev–Trinajstić information content (AvgIpc) is 2.73. The van der Waals surface area contributed by atoms with E-state index in [0.29, 0.717) is 19.6 Å². The van der Waals surface area contributed by atoms with Gasteiger partial charge in [0.1, 0.15) is 0 Å². The van der Waals surface area contributed by atoms with Crippen molar-refractivity contribution in [1.29, 1.82) is 10.5 Å². The van der Waals surface area contributed by atoms with Gasteiger partial charge in [-0.15, -0.1) is 0 Å². The predicted octanol–water partition coefficient (Wildman–Crippen LogP) is -0.266. The van der Waals surface area contributed by atoms with Crippen LogP contribution in [-0.2, 0) is 4.74 Å². The van der Waals surface area contributed by atoms with Crippen LogP contribution in [0.5, 0.6) is 0 Å². The molecule has 0 saturated carbocycles. The van der Waals surface area contributed by atoms with Crippen LogP contribution in [0.25, 0.3) is 0 Å². The fourth-order valence-corrected chi connectivity index (χ4v) is 0.846. The first kappa shape index (κ1) is 8.00. The molecule has 11 heavy (non-hydrogen) atoms. The van der Waals surface area contributed by atoms with Crippen molar-refractivity contribution >= 4 is 0 Å². The molecule has 0 aromatic carbocycles. The third-order valence-electron chi connectivity index (χ3n) is 1.45. The molecule has 1 unspecified atom stereocenters. The van der Waals surface area contributed by atoms with Gasteiger partial charge in [-0.2, -0.15) is 10.5 Å². The Morgan fingerprint density at radius 1 is 1.36 bits per heavy atom. The van der Waals surface area contributed by atoms with Gasteiger partial charge in [-0.3, -0.25) is 4.90 Å². The van der Waals surface area contributed by atoms with Crippen LogP contribution in [0, 0.1) is 22.7 Å². The molecule has 4 nitrogen and oxygen atoms in total. The van der Waals surface area contributed by atoms with Gasteiger partial charge in [0, 0.05) is 6.54 Å². The van der Waals surface area contributed by atoms with Crippen LogP contribution in [0.4, 0.5) is 0 Å². The number of ether oxygens (including phenoxy) is 1. The summed E-state index contributed by atoms with van der Waals surface area (Å²) in [7, 11) is 0. The van der Waals surface area contributed by atoms with Gasteiger partial charge >= 0.3 is 0 Å². The quantitative estimate of drug-likeness (QED) is 0.410. The topological polar surface area (TPSA) is 63.4 Å². The molecule has 1 heterocycles. The van der Waals surface area contributed by atoms with Gasteiger partial charge in [0.2, 0.25) is 0 Å². The zero-order chi connectivity index (χ0) is 8.10. The van der Waals surface area contributed by atoms with Crippen LogP contribution >= 0.6 is 0 Å². The number of hydrogen-bond acceptors (Lipinski definition) is 4. The summed E-state index contributed by atoms with van der Waals surface area (Å²) in [5, 5.41) is 16.7. The maximum atomic E-state index is 8.35. The lowest BCUT2D eigenvalue weighted by Gasteiger charge is -2.12. The second kappa shape index (κ2) is 3.92. The number of hydrogen-bond donors (Lipinski definition) is 0. The minimum Gasteiger partial charge on any atom is -0.372 e. The fourth-order valence-electron chi connectivity index (χ4n) is 0.846. The van der Waals surface area contributed by atoms with Gasteiger partial charge in [-0.25, -0.2) is 0 Å². The van der Waals surface area contributed by atoms with Gasteiger partial charge in [0.25, 0.3) is 0 Å². The molecule has 1 rings (SSSR count). The summed E-state index contributed by atoms with van der Waals surface area (Å²) in [6.45, 7) is 2.11. The molecule has 1 aliphatic rings. The van der Waals surface area contributed by atoms with Crippen LogP contribution in [0.15, 0.2) is 0 Å². The largest absolute Gasteiger partial charge is 0.372 e. The van der Waals surface area contributed by atoms with Crippen molar-refractivity contribution in [2.24, 2.45) is 0 Å². The van der Waals surface area contributed by atoms with Gasteiger partial charge in [-0.05, 0) is 0 Å². The van der Waals surface area contributed by atoms with E-state index in [2.05, 4.69) is 0 Å². The Balaban J connectivity index is 2.21. The van der Waals surface area contributed by atoms with E-state index in [1.54, 1.807) is 4.90 Å². The fraction of sp³-hybridized carbons (Fsp3) is 0.714. The maximum absolute atomic E-state index is 8.35. The highest BCUT2D eigenvalue weighted by atomic mass is 16.6. The van der Waals surface area contributed by atoms with Gasteiger partial charge in [0.05, 0.1) is 37.9 Å². The van der Waals surface area contributed by atoms with Gasteiger partial charge in [-0.1, -0.05) is 0 Å². The Bertz CT molecular complexity index is 183. The molecule has 1 fully saturated rings. The molecule has 0 spiro atoms. The Kier molecular flexibility index (Phi) is 2.85. The molecule has 1 aliphatic heterocycles. The molecule has 0 amide bonds. The van der Waals surface area contributed by atoms with Crippen LogP contribution in [0.1, 0.15) is 0 Å². The van der Waals surface area contributed by atoms with E-state index in [4.69, 9.17) is 15.3 Å². The summed E-state index contributed by atoms with van der Waals surface area (Å²) < 4.78 is 4.97. The summed E-state index contributed by atoms with van der Waals surface area (Å²) in [5.74, 6) is 0. The first-order chi connectivity index (χ1) is 5.36. The van der Waals surface area contributed by atoms with E-state index in [-0.39, 0.29) is 6.10 Å². The van der Waals surface area contributed by atoms with Gasteiger partial charge < -0.3 is 4.74 Å². The van der Waals surface area contributed by atoms with Crippen molar-refractivity contribution in [2.75, 3.05) is 26.2 Å². The van der Waals surface area contributed by atoms with Crippen molar-refractivity contribution in [1.82, 2.24) is 4.90 Å². The highest BCUT2D eigenvalue weighted by Crippen LogP contribution is 2.09. The SMILES string of the molecule is N#CCN(CC#N)CC1CO1. The molecule has 1 atom stereocenters. The van der Waals surface area contributed by atoms with Crippen molar-refractivity contribution in [2.45, 2.75) is 6.10 Å². The molecule has 0 aromatic heterocycles. The molecule has 0 aliphatic carbocycles. The summed E-state index contributed by atoms with van der Waals surface area (Å²) in [4.78, 5) is 1.78. The lowest BCUT2D eigenvalue weighted by Crippen LogP contribution is -2.28. The van der Waals surface area contributed by atoms with Crippen molar-refractivity contribution in [3.63, 3.8) is 0 Å². The Labute approximate surface area is 65.6 Å². The van der Waals surface area contributed by atoms with Gasteiger partial charge in [0.15, 0.2) is 0 Å². The molecule has 0 bridgehead atoms. The van der Waals surface area contributed by atoms with E-state index in [9.17, 15) is 0 Å². The minimum absolute atomic E-state index is 0.261.